The van der Waals surface area contributed by atoms with E-state index in [-0.39, 0.29) is 31.4 Å². The van der Waals surface area contributed by atoms with E-state index in [1.54, 1.807) is 0 Å². The Morgan fingerprint density at radius 1 is 1.14 bits per heavy atom. The highest BCUT2D eigenvalue weighted by Crippen LogP contribution is 2.21. The molecule has 22 heavy (non-hydrogen) atoms. The molecule has 0 aliphatic rings. The number of hydrogen-bond donors (Lipinski definition) is 1. The maximum absolute atomic E-state index is 11.7. The minimum absolute atomic E-state index is 0.0694. The Hall–Kier alpha value is -2.04. The van der Waals surface area contributed by atoms with Gasteiger partial charge in [-0.3, -0.25) is 9.59 Å². The Kier molecular flexibility index (Phi) is 6.40. The lowest BCUT2D eigenvalue weighted by Crippen LogP contribution is -2.32. The molecule has 0 saturated heterocycles. The van der Waals surface area contributed by atoms with Crippen molar-refractivity contribution >= 4 is 11.9 Å². The number of benzene rings is 1. The number of para-hydroxylation sites is 1. The van der Waals surface area contributed by atoms with Crippen LogP contribution in [0.25, 0.3) is 0 Å². The average molecular weight is 307 g/mol. The number of amides is 1. The van der Waals surface area contributed by atoms with Gasteiger partial charge in [0, 0.05) is 6.54 Å². The molecule has 0 heterocycles. The first-order valence-corrected chi connectivity index (χ1v) is 7.36. The van der Waals surface area contributed by atoms with Gasteiger partial charge < -0.3 is 14.8 Å². The van der Waals surface area contributed by atoms with Crippen molar-refractivity contribution in [2.75, 3.05) is 13.2 Å². The lowest BCUT2D eigenvalue weighted by molar-refractivity contribution is -0.154. The van der Waals surface area contributed by atoms with Crippen molar-refractivity contribution in [1.82, 2.24) is 5.32 Å². The number of hydrogen-bond acceptors (Lipinski definition) is 4. The number of nitrogens with one attached hydrogen (secondary N) is 1. The summed E-state index contributed by atoms with van der Waals surface area (Å²) in [6, 6.07) is 5.81. The van der Waals surface area contributed by atoms with Gasteiger partial charge in [0.2, 0.25) is 0 Å². The molecule has 122 valence electrons. The molecule has 1 amide bonds. The summed E-state index contributed by atoms with van der Waals surface area (Å²) in [5.74, 6) is 0.138. The highest BCUT2D eigenvalue weighted by molar-refractivity contribution is 5.78. The van der Waals surface area contributed by atoms with Crippen LogP contribution in [0.1, 0.15) is 38.3 Å². The smallest absolute Gasteiger partial charge is 0.308 e. The zero-order valence-electron chi connectivity index (χ0n) is 14.0. The molecule has 0 spiro atoms. The van der Waals surface area contributed by atoms with Crippen molar-refractivity contribution in [3.05, 3.63) is 29.3 Å². The molecule has 0 aromatic heterocycles. The standard InChI is InChI=1S/C17H25NO4/c1-12-7-6-8-13(2)16(12)21-11-14(19)18-10-9-15(20)22-17(3,4)5/h6-8H,9-11H2,1-5H3,(H,18,19). The number of carbonyl (C=O) groups excluding carboxylic acids is 2. The molecule has 0 atom stereocenters. The third-order valence-electron chi connectivity index (χ3n) is 2.83. The minimum atomic E-state index is -0.507. The van der Waals surface area contributed by atoms with Crippen LogP contribution in [0.2, 0.25) is 0 Å². The maximum Gasteiger partial charge on any atom is 0.308 e. The molecule has 1 rings (SSSR count). The topological polar surface area (TPSA) is 64.6 Å². The fraction of sp³-hybridized carbons (Fsp3) is 0.529. The summed E-state index contributed by atoms with van der Waals surface area (Å²) < 4.78 is 10.7. The molecular formula is C17H25NO4. The van der Waals surface area contributed by atoms with Crippen molar-refractivity contribution < 1.29 is 19.1 Å². The Bertz CT molecular complexity index is 512. The van der Waals surface area contributed by atoms with Crippen LogP contribution in [0.15, 0.2) is 18.2 Å². The van der Waals surface area contributed by atoms with Gasteiger partial charge in [-0.15, -0.1) is 0 Å². The molecule has 0 saturated carbocycles. The summed E-state index contributed by atoms with van der Waals surface area (Å²) >= 11 is 0. The van der Waals surface area contributed by atoms with Gasteiger partial charge in [0.1, 0.15) is 11.4 Å². The third kappa shape index (κ3) is 6.61. The van der Waals surface area contributed by atoms with Gasteiger partial charge in [0.15, 0.2) is 6.61 Å². The number of carbonyl (C=O) groups is 2. The SMILES string of the molecule is Cc1cccc(C)c1OCC(=O)NCCC(=O)OC(C)(C)C. The van der Waals surface area contributed by atoms with E-state index < -0.39 is 5.60 Å². The summed E-state index contributed by atoms with van der Waals surface area (Å²) in [6.45, 7) is 9.46. The molecule has 5 heteroatoms. The van der Waals surface area contributed by atoms with Crippen molar-refractivity contribution in [1.29, 1.82) is 0 Å². The second kappa shape index (κ2) is 7.82. The molecule has 0 aliphatic heterocycles. The lowest BCUT2D eigenvalue weighted by Gasteiger charge is -2.19. The molecule has 1 aromatic carbocycles. The molecular weight excluding hydrogens is 282 g/mol. The van der Waals surface area contributed by atoms with Crippen LogP contribution < -0.4 is 10.1 Å². The molecule has 1 aromatic rings. The highest BCUT2D eigenvalue weighted by Gasteiger charge is 2.16. The fourth-order valence-electron chi connectivity index (χ4n) is 1.91. The largest absolute Gasteiger partial charge is 0.483 e. The number of ether oxygens (including phenoxy) is 2. The van der Waals surface area contributed by atoms with E-state index in [0.29, 0.717) is 0 Å². The van der Waals surface area contributed by atoms with Gasteiger partial charge in [-0.25, -0.2) is 0 Å². The first-order chi connectivity index (χ1) is 10.2. The molecule has 5 nitrogen and oxygen atoms in total. The Labute approximate surface area is 132 Å². The highest BCUT2D eigenvalue weighted by atomic mass is 16.6. The average Bonchev–Trinajstić information content (AvgIpc) is 2.36. The van der Waals surface area contributed by atoms with E-state index in [0.717, 1.165) is 16.9 Å². The van der Waals surface area contributed by atoms with Crippen LogP contribution in [0.3, 0.4) is 0 Å². The molecule has 0 radical (unpaired) electrons. The van der Waals surface area contributed by atoms with Crippen LogP contribution in [0.4, 0.5) is 0 Å². The van der Waals surface area contributed by atoms with E-state index in [4.69, 9.17) is 9.47 Å². The number of aryl methyl sites for hydroxylation is 2. The lowest BCUT2D eigenvalue weighted by atomic mass is 10.1. The van der Waals surface area contributed by atoms with E-state index in [2.05, 4.69) is 5.32 Å². The van der Waals surface area contributed by atoms with Crippen molar-refractivity contribution in [2.24, 2.45) is 0 Å². The molecule has 0 bridgehead atoms. The Balaban J connectivity index is 2.31. The van der Waals surface area contributed by atoms with Crippen LogP contribution in [0.5, 0.6) is 5.75 Å². The zero-order chi connectivity index (χ0) is 16.8. The van der Waals surface area contributed by atoms with Crippen molar-refractivity contribution in [3.63, 3.8) is 0 Å². The molecule has 0 aliphatic carbocycles. The summed E-state index contributed by atoms with van der Waals surface area (Å²) in [5.41, 5.74) is 1.47. The Morgan fingerprint density at radius 2 is 1.73 bits per heavy atom. The molecule has 0 unspecified atom stereocenters. The van der Waals surface area contributed by atoms with Crippen LogP contribution in [-0.4, -0.2) is 30.6 Å². The van der Waals surface area contributed by atoms with E-state index in [9.17, 15) is 9.59 Å². The second-order valence-corrected chi connectivity index (χ2v) is 6.20. The van der Waals surface area contributed by atoms with Crippen LogP contribution in [-0.2, 0) is 14.3 Å². The van der Waals surface area contributed by atoms with Gasteiger partial charge in [-0.1, -0.05) is 18.2 Å². The summed E-state index contributed by atoms with van der Waals surface area (Å²) in [5, 5.41) is 2.64. The fourth-order valence-corrected chi connectivity index (χ4v) is 1.91. The van der Waals surface area contributed by atoms with Gasteiger partial charge in [0.25, 0.3) is 5.91 Å². The molecule has 0 fully saturated rings. The van der Waals surface area contributed by atoms with Crippen LogP contribution >= 0.6 is 0 Å². The van der Waals surface area contributed by atoms with Gasteiger partial charge in [-0.2, -0.15) is 0 Å². The predicted octanol–water partition coefficient (Wildman–Crippen LogP) is 2.53. The monoisotopic (exact) mass is 307 g/mol. The van der Waals surface area contributed by atoms with E-state index in [1.165, 1.54) is 0 Å². The number of esters is 1. The van der Waals surface area contributed by atoms with Gasteiger partial charge in [0.05, 0.1) is 6.42 Å². The minimum Gasteiger partial charge on any atom is -0.483 e. The maximum atomic E-state index is 11.7. The van der Waals surface area contributed by atoms with Crippen molar-refractivity contribution in [3.8, 4) is 5.75 Å². The summed E-state index contributed by atoms with van der Waals surface area (Å²) in [6.07, 6.45) is 0.145. The van der Waals surface area contributed by atoms with Crippen molar-refractivity contribution in [2.45, 2.75) is 46.6 Å². The summed E-state index contributed by atoms with van der Waals surface area (Å²) in [7, 11) is 0. The Morgan fingerprint density at radius 3 is 2.27 bits per heavy atom. The quantitative estimate of drug-likeness (QED) is 0.820. The van der Waals surface area contributed by atoms with Gasteiger partial charge >= 0.3 is 5.97 Å². The van der Waals surface area contributed by atoms with Gasteiger partial charge in [-0.05, 0) is 45.7 Å². The van der Waals surface area contributed by atoms with E-state index >= 15 is 0 Å². The molecule has 1 N–H and O–H groups in total. The van der Waals surface area contributed by atoms with Crippen LogP contribution in [0, 0.1) is 13.8 Å². The first-order valence-electron chi connectivity index (χ1n) is 7.36. The predicted molar refractivity (Wildman–Crippen MR) is 84.9 cm³/mol. The third-order valence-corrected chi connectivity index (χ3v) is 2.83. The first kappa shape index (κ1) is 18.0. The number of rotatable bonds is 6. The van der Waals surface area contributed by atoms with E-state index in [1.807, 2.05) is 52.8 Å². The summed E-state index contributed by atoms with van der Waals surface area (Å²) in [4.78, 5) is 23.2. The zero-order valence-corrected chi connectivity index (χ0v) is 14.0. The second-order valence-electron chi connectivity index (χ2n) is 6.20. The normalized spacial score (nSPS) is 11.0.